The van der Waals surface area contributed by atoms with Crippen LogP contribution >= 0.6 is 27.3 Å². The van der Waals surface area contributed by atoms with E-state index in [1.54, 1.807) is 12.1 Å². The molecular formula is C10H14BrNO3S2. The Labute approximate surface area is 114 Å². The maximum absolute atomic E-state index is 11.9. The Morgan fingerprint density at radius 1 is 1.53 bits per heavy atom. The van der Waals surface area contributed by atoms with Crippen LogP contribution in [0.1, 0.15) is 19.3 Å². The lowest BCUT2D eigenvalue weighted by molar-refractivity contribution is 0.105. The monoisotopic (exact) mass is 339 g/mol. The summed E-state index contributed by atoms with van der Waals surface area (Å²) in [5.41, 5.74) is 0. The van der Waals surface area contributed by atoms with E-state index in [2.05, 4.69) is 20.7 Å². The zero-order valence-electron chi connectivity index (χ0n) is 9.19. The summed E-state index contributed by atoms with van der Waals surface area (Å²) in [5, 5.41) is 0. The first-order valence-corrected chi connectivity index (χ1v) is 8.54. The zero-order valence-corrected chi connectivity index (χ0v) is 12.4. The molecule has 1 saturated heterocycles. The van der Waals surface area contributed by atoms with Gasteiger partial charge in [-0.25, -0.2) is 13.1 Å². The Balaban J connectivity index is 1.85. The van der Waals surface area contributed by atoms with E-state index in [-0.39, 0.29) is 6.10 Å². The summed E-state index contributed by atoms with van der Waals surface area (Å²) >= 11 is 4.47. The molecule has 1 aliphatic rings. The highest BCUT2D eigenvalue weighted by Crippen LogP contribution is 2.25. The van der Waals surface area contributed by atoms with Gasteiger partial charge in [0.2, 0.25) is 10.0 Å². The van der Waals surface area contributed by atoms with E-state index in [0.717, 1.165) is 29.7 Å². The normalized spacial score (nSPS) is 20.9. The molecule has 1 aromatic rings. The Morgan fingerprint density at radius 3 is 2.94 bits per heavy atom. The predicted molar refractivity (Wildman–Crippen MR) is 70.8 cm³/mol. The Morgan fingerprint density at radius 2 is 2.35 bits per heavy atom. The Kier molecular flexibility index (Phi) is 4.59. The maximum Gasteiger partial charge on any atom is 0.250 e. The lowest BCUT2D eigenvalue weighted by Crippen LogP contribution is -2.26. The molecule has 1 atom stereocenters. The molecule has 0 spiro atoms. The molecule has 1 aromatic heterocycles. The molecule has 0 aromatic carbocycles. The minimum atomic E-state index is -3.35. The molecule has 0 amide bonds. The van der Waals surface area contributed by atoms with Crippen molar-refractivity contribution in [2.45, 2.75) is 29.6 Å². The van der Waals surface area contributed by atoms with Crippen LogP contribution in [0.2, 0.25) is 0 Å². The molecule has 7 heteroatoms. The topological polar surface area (TPSA) is 55.4 Å². The Hall–Kier alpha value is 0.0500. The first kappa shape index (κ1) is 13.5. The molecule has 4 nitrogen and oxygen atoms in total. The van der Waals surface area contributed by atoms with Crippen molar-refractivity contribution in [1.82, 2.24) is 4.72 Å². The van der Waals surface area contributed by atoms with Gasteiger partial charge in [-0.1, -0.05) is 0 Å². The second-order valence-corrected chi connectivity index (χ2v) is 8.34. The SMILES string of the molecule is O=S(=O)(NCCC1CCCO1)c1ccc(Br)s1. The van der Waals surface area contributed by atoms with Crippen molar-refractivity contribution in [3.63, 3.8) is 0 Å². The third-order valence-electron chi connectivity index (χ3n) is 2.60. The van der Waals surface area contributed by atoms with E-state index in [4.69, 9.17) is 4.74 Å². The molecule has 17 heavy (non-hydrogen) atoms. The largest absolute Gasteiger partial charge is 0.378 e. The minimum absolute atomic E-state index is 0.216. The van der Waals surface area contributed by atoms with Gasteiger partial charge in [-0.15, -0.1) is 11.3 Å². The van der Waals surface area contributed by atoms with Crippen molar-refractivity contribution in [2.75, 3.05) is 13.2 Å². The third-order valence-corrected chi connectivity index (χ3v) is 6.17. The molecule has 1 N–H and O–H groups in total. The van der Waals surface area contributed by atoms with Gasteiger partial charge >= 0.3 is 0 Å². The lowest BCUT2D eigenvalue weighted by atomic mass is 10.2. The van der Waals surface area contributed by atoms with Crippen LogP contribution in [0.15, 0.2) is 20.1 Å². The van der Waals surface area contributed by atoms with E-state index in [1.807, 2.05) is 0 Å². The molecule has 0 aliphatic carbocycles. The van der Waals surface area contributed by atoms with E-state index in [0.29, 0.717) is 10.8 Å². The van der Waals surface area contributed by atoms with Crippen molar-refractivity contribution in [2.24, 2.45) is 0 Å². The Bertz CT molecular complexity index is 466. The number of ether oxygens (including phenoxy) is 1. The highest BCUT2D eigenvalue weighted by Gasteiger charge is 2.19. The first-order chi connectivity index (χ1) is 8.08. The van der Waals surface area contributed by atoms with Crippen molar-refractivity contribution in [3.05, 3.63) is 15.9 Å². The van der Waals surface area contributed by atoms with Gasteiger partial charge in [0, 0.05) is 13.2 Å². The van der Waals surface area contributed by atoms with E-state index >= 15 is 0 Å². The van der Waals surface area contributed by atoms with Crippen LogP contribution in [0.3, 0.4) is 0 Å². The zero-order chi connectivity index (χ0) is 12.3. The third kappa shape index (κ3) is 3.75. The number of halogens is 1. The second kappa shape index (κ2) is 5.79. The van der Waals surface area contributed by atoms with Crippen LogP contribution < -0.4 is 4.72 Å². The van der Waals surface area contributed by atoms with Gasteiger partial charge in [0.05, 0.1) is 9.89 Å². The number of thiophene rings is 1. The van der Waals surface area contributed by atoms with Crippen LogP contribution in [0.5, 0.6) is 0 Å². The summed E-state index contributed by atoms with van der Waals surface area (Å²) in [7, 11) is -3.35. The number of nitrogens with one attached hydrogen (secondary N) is 1. The van der Waals surface area contributed by atoms with Gasteiger partial charge in [-0.2, -0.15) is 0 Å². The summed E-state index contributed by atoms with van der Waals surface area (Å²) in [6, 6.07) is 3.34. The summed E-state index contributed by atoms with van der Waals surface area (Å²) in [6.07, 6.45) is 3.07. The molecule has 2 heterocycles. The van der Waals surface area contributed by atoms with Gasteiger partial charge in [-0.3, -0.25) is 0 Å². The number of sulfonamides is 1. The van der Waals surface area contributed by atoms with Gasteiger partial charge < -0.3 is 4.74 Å². The van der Waals surface area contributed by atoms with Crippen molar-refractivity contribution < 1.29 is 13.2 Å². The fourth-order valence-electron chi connectivity index (χ4n) is 1.74. The van der Waals surface area contributed by atoms with Crippen LogP contribution in [0.4, 0.5) is 0 Å². The van der Waals surface area contributed by atoms with E-state index < -0.39 is 10.0 Å². The van der Waals surface area contributed by atoms with Crippen molar-refractivity contribution in [3.8, 4) is 0 Å². The highest BCUT2D eigenvalue weighted by molar-refractivity contribution is 9.11. The molecular weight excluding hydrogens is 326 g/mol. The van der Waals surface area contributed by atoms with Crippen LogP contribution in [0.25, 0.3) is 0 Å². The van der Waals surface area contributed by atoms with Crippen LogP contribution in [0, 0.1) is 0 Å². The second-order valence-electron chi connectivity index (χ2n) is 3.88. The predicted octanol–water partition coefficient (Wildman–Crippen LogP) is 2.36. The fraction of sp³-hybridized carbons (Fsp3) is 0.600. The van der Waals surface area contributed by atoms with Gasteiger partial charge in [0.15, 0.2) is 0 Å². The molecule has 0 radical (unpaired) electrons. The lowest BCUT2D eigenvalue weighted by Gasteiger charge is -2.09. The van der Waals surface area contributed by atoms with Gasteiger partial charge in [0.25, 0.3) is 0 Å². The molecule has 2 rings (SSSR count). The summed E-state index contributed by atoms with van der Waals surface area (Å²) in [4.78, 5) is 0. The number of hydrogen-bond donors (Lipinski definition) is 1. The number of hydrogen-bond acceptors (Lipinski definition) is 4. The van der Waals surface area contributed by atoms with E-state index in [1.165, 1.54) is 11.3 Å². The molecule has 0 bridgehead atoms. The van der Waals surface area contributed by atoms with Crippen molar-refractivity contribution in [1.29, 1.82) is 0 Å². The summed E-state index contributed by atoms with van der Waals surface area (Å²) in [6.45, 7) is 1.23. The minimum Gasteiger partial charge on any atom is -0.378 e. The average molecular weight is 340 g/mol. The van der Waals surface area contributed by atoms with Gasteiger partial charge in [-0.05, 0) is 47.3 Å². The number of rotatable bonds is 5. The van der Waals surface area contributed by atoms with Crippen LogP contribution in [-0.2, 0) is 14.8 Å². The molecule has 96 valence electrons. The fourth-order valence-corrected chi connectivity index (χ4v) is 4.84. The average Bonchev–Trinajstić information content (AvgIpc) is 2.89. The smallest absolute Gasteiger partial charge is 0.250 e. The highest BCUT2D eigenvalue weighted by atomic mass is 79.9. The van der Waals surface area contributed by atoms with Crippen LogP contribution in [-0.4, -0.2) is 27.7 Å². The molecule has 0 saturated carbocycles. The first-order valence-electron chi connectivity index (χ1n) is 5.44. The van der Waals surface area contributed by atoms with E-state index in [9.17, 15) is 8.42 Å². The quantitative estimate of drug-likeness (QED) is 0.895. The summed E-state index contributed by atoms with van der Waals surface area (Å²) < 4.78 is 32.9. The van der Waals surface area contributed by atoms with Gasteiger partial charge in [0.1, 0.15) is 4.21 Å². The standard InChI is InChI=1S/C10H14BrNO3S2/c11-9-3-4-10(16-9)17(13,14)12-6-5-8-2-1-7-15-8/h3-4,8,12H,1-2,5-7H2. The molecule has 1 aliphatic heterocycles. The summed E-state index contributed by atoms with van der Waals surface area (Å²) in [5.74, 6) is 0. The maximum atomic E-state index is 11.9. The molecule has 1 unspecified atom stereocenters. The molecule has 1 fully saturated rings. The van der Waals surface area contributed by atoms with Crippen molar-refractivity contribution >= 4 is 37.3 Å².